The first-order chi connectivity index (χ1) is 13.1. The fraction of sp³-hybridized carbons (Fsp3) is 0.526. The second-order valence-electron chi connectivity index (χ2n) is 5.94. The van der Waals surface area contributed by atoms with Gasteiger partial charge < -0.3 is 24.6 Å². The lowest BCUT2D eigenvalue weighted by atomic mass is 10.1. The summed E-state index contributed by atoms with van der Waals surface area (Å²) >= 11 is 0. The van der Waals surface area contributed by atoms with E-state index in [4.69, 9.17) is 14.0 Å². The quantitative estimate of drug-likeness (QED) is 0.374. The SMILES string of the molecule is CCNC(=NCc1ccc(C)cc1OCCOCC)NCc1nc(C)no1. The maximum absolute atomic E-state index is 5.88. The molecule has 0 fully saturated rings. The van der Waals surface area contributed by atoms with Crippen LogP contribution in [0.5, 0.6) is 5.75 Å². The van der Waals surface area contributed by atoms with Crippen LogP contribution in [-0.2, 0) is 17.8 Å². The topological polar surface area (TPSA) is 93.8 Å². The molecule has 0 aliphatic rings. The van der Waals surface area contributed by atoms with E-state index in [2.05, 4.69) is 31.8 Å². The molecule has 2 rings (SSSR count). The molecule has 0 amide bonds. The van der Waals surface area contributed by atoms with Gasteiger partial charge in [-0.3, -0.25) is 0 Å². The normalized spacial score (nSPS) is 11.5. The number of guanidine groups is 1. The van der Waals surface area contributed by atoms with Gasteiger partial charge in [0.05, 0.1) is 19.7 Å². The minimum atomic E-state index is 0.415. The largest absolute Gasteiger partial charge is 0.491 e. The standard InChI is InChI=1S/C19H29N5O3/c1-5-20-19(22-13-18-23-15(4)24-27-18)21-12-16-8-7-14(3)11-17(16)26-10-9-25-6-2/h7-8,11H,5-6,9-10,12-13H2,1-4H3,(H2,20,21,22). The minimum absolute atomic E-state index is 0.415. The van der Waals surface area contributed by atoms with Crippen LogP contribution in [-0.4, -0.2) is 42.5 Å². The van der Waals surface area contributed by atoms with Crippen molar-refractivity contribution in [3.05, 3.63) is 41.0 Å². The Kier molecular flexibility index (Phi) is 8.57. The van der Waals surface area contributed by atoms with Gasteiger partial charge in [0.15, 0.2) is 11.8 Å². The van der Waals surface area contributed by atoms with Crippen molar-refractivity contribution in [2.75, 3.05) is 26.4 Å². The minimum Gasteiger partial charge on any atom is -0.491 e. The van der Waals surface area contributed by atoms with Gasteiger partial charge in [0.2, 0.25) is 5.89 Å². The number of nitrogens with one attached hydrogen (secondary N) is 2. The van der Waals surface area contributed by atoms with Crippen LogP contribution in [0.3, 0.4) is 0 Å². The molecule has 0 aliphatic heterocycles. The summed E-state index contributed by atoms with van der Waals surface area (Å²) in [4.78, 5) is 8.81. The molecule has 0 aliphatic carbocycles. The molecule has 0 bridgehead atoms. The van der Waals surface area contributed by atoms with Crippen LogP contribution in [0.4, 0.5) is 0 Å². The third kappa shape index (κ3) is 7.26. The van der Waals surface area contributed by atoms with E-state index in [1.54, 1.807) is 6.92 Å². The fourth-order valence-electron chi connectivity index (χ4n) is 2.36. The Hall–Kier alpha value is -2.61. The maximum atomic E-state index is 5.88. The summed E-state index contributed by atoms with van der Waals surface area (Å²) in [6.45, 7) is 11.2. The average Bonchev–Trinajstić information content (AvgIpc) is 3.07. The number of aliphatic imine (C=N–C) groups is 1. The van der Waals surface area contributed by atoms with Crippen molar-refractivity contribution in [3.8, 4) is 5.75 Å². The van der Waals surface area contributed by atoms with Crippen molar-refractivity contribution in [2.24, 2.45) is 4.99 Å². The van der Waals surface area contributed by atoms with E-state index in [9.17, 15) is 0 Å². The molecule has 0 unspecified atom stereocenters. The average molecular weight is 375 g/mol. The highest BCUT2D eigenvalue weighted by atomic mass is 16.5. The smallest absolute Gasteiger partial charge is 0.246 e. The summed E-state index contributed by atoms with van der Waals surface area (Å²) in [7, 11) is 0. The first-order valence-corrected chi connectivity index (χ1v) is 9.23. The van der Waals surface area contributed by atoms with E-state index < -0.39 is 0 Å². The molecule has 1 aromatic heterocycles. The van der Waals surface area contributed by atoms with Crippen LogP contribution in [0.2, 0.25) is 0 Å². The molecule has 0 saturated heterocycles. The van der Waals surface area contributed by atoms with Crippen molar-refractivity contribution < 1.29 is 14.0 Å². The summed E-state index contributed by atoms with van der Waals surface area (Å²) in [5.41, 5.74) is 2.16. The van der Waals surface area contributed by atoms with Crippen LogP contribution >= 0.6 is 0 Å². The van der Waals surface area contributed by atoms with Gasteiger partial charge in [0, 0.05) is 18.7 Å². The number of hydrogen-bond donors (Lipinski definition) is 2. The third-order valence-electron chi connectivity index (χ3n) is 3.64. The van der Waals surface area contributed by atoms with Gasteiger partial charge in [0.25, 0.3) is 0 Å². The first kappa shape index (κ1) is 20.7. The highest BCUT2D eigenvalue weighted by Gasteiger charge is 2.07. The van der Waals surface area contributed by atoms with Crippen molar-refractivity contribution >= 4 is 5.96 Å². The molecule has 1 aromatic carbocycles. The molecule has 2 aromatic rings. The van der Waals surface area contributed by atoms with Crippen LogP contribution < -0.4 is 15.4 Å². The predicted molar refractivity (Wildman–Crippen MR) is 104 cm³/mol. The van der Waals surface area contributed by atoms with E-state index in [1.165, 1.54) is 0 Å². The van der Waals surface area contributed by atoms with E-state index >= 15 is 0 Å². The highest BCUT2D eigenvalue weighted by molar-refractivity contribution is 5.79. The molecule has 8 heteroatoms. The van der Waals surface area contributed by atoms with Crippen LogP contribution in [0, 0.1) is 13.8 Å². The monoisotopic (exact) mass is 375 g/mol. The Labute approximate surface area is 160 Å². The number of benzene rings is 1. The summed E-state index contributed by atoms with van der Waals surface area (Å²) in [5.74, 6) is 2.65. The van der Waals surface area contributed by atoms with Crippen molar-refractivity contribution in [1.29, 1.82) is 0 Å². The molecule has 148 valence electrons. The molecular formula is C19H29N5O3. The number of ether oxygens (including phenoxy) is 2. The lowest BCUT2D eigenvalue weighted by molar-refractivity contribution is 0.110. The van der Waals surface area contributed by atoms with Gasteiger partial charge >= 0.3 is 0 Å². The summed E-state index contributed by atoms with van der Waals surface area (Å²) < 4.78 is 16.3. The maximum Gasteiger partial charge on any atom is 0.246 e. The molecule has 0 spiro atoms. The van der Waals surface area contributed by atoms with E-state index in [-0.39, 0.29) is 0 Å². The van der Waals surface area contributed by atoms with Gasteiger partial charge in [-0.05, 0) is 39.3 Å². The van der Waals surface area contributed by atoms with Gasteiger partial charge in [-0.2, -0.15) is 4.98 Å². The van der Waals surface area contributed by atoms with Gasteiger partial charge in [-0.1, -0.05) is 17.3 Å². The van der Waals surface area contributed by atoms with Crippen molar-refractivity contribution in [1.82, 2.24) is 20.8 Å². The van der Waals surface area contributed by atoms with Crippen LogP contribution in [0.1, 0.15) is 36.7 Å². The number of aromatic nitrogens is 2. The Morgan fingerprint density at radius 1 is 1.19 bits per heavy atom. The molecular weight excluding hydrogens is 346 g/mol. The molecule has 0 atom stereocenters. The molecule has 8 nitrogen and oxygen atoms in total. The van der Waals surface area contributed by atoms with Crippen molar-refractivity contribution in [2.45, 2.75) is 40.8 Å². The molecule has 0 saturated carbocycles. The van der Waals surface area contributed by atoms with E-state index in [1.807, 2.05) is 32.9 Å². The molecule has 27 heavy (non-hydrogen) atoms. The zero-order valence-electron chi connectivity index (χ0n) is 16.5. The number of nitrogens with zero attached hydrogens (tertiary/aromatic N) is 3. The first-order valence-electron chi connectivity index (χ1n) is 9.23. The lowest BCUT2D eigenvalue weighted by Gasteiger charge is -2.13. The van der Waals surface area contributed by atoms with Gasteiger partial charge in [0.1, 0.15) is 12.4 Å². The zero-order chi connectivity index (χ0) is 19.5. The highest BCUT2D eigenvalue weighted by Crippen LogP contribution is 2.21. The predicted octanol–water partition coefficient (Wildman–Crippen LogP) is 2.36. The fourth-order valence-corrected chi connectivity index (χ4v) is 2.36. The molecule has 2 N–H and O–H groups in total. The molecule has 0 radical (unpaired) electrons. The second-order valence-corrected chi connectivity index (χ2v) is 5.94. The zero-order valence-corrected chi connectivity index (χ0v) is 16.5. The summed E-state index contributed by atoms with van der Waals surface area (Å²) in [6.07, 6.45) is 0. The van der Waals surface area contributed by atoms with Gasteiger partial charge in [-0.15, -0.1) is 0 Å². The van der Waals surface area contributed by atoms with Crippen LogP contribution in [0.15, 0.2) is 27.7 Å². The number of hydrogen-bond acceptors (Lipinski definition) is 6. The summed E-state index contributed by atoms with van der Waals surface area (Å²) in [6, 6.07) is 6.12. The van der Waals surface area contributed by atoms with E-state index in [0.29, 0.717) is 50.6 Å². The number of rotatable bonds is 10. The van der Waals surface area contributed by atoms with E-state index in [0.717, 1.165) is 23.4 Å². The Bertz CT molecular complexity index is 730. The summed E-state index contributed by atoms with van der Waals surface area (Å²) in [5, 5.41) is 10.2. The van der Waals surface area contributed by atoms with Gasteiger partial charge in [-0.25, -0.2) is 4.99 Å². The number of aryl methyl sites for hydroxylation is 2. The van der Waals surface area contributed by atoms with Crippen LogP contribution in [0.25, 0.3) is 0 Å². The Morgan fingerprint density at radius 3 is 2.74 bits per heavy atom. The third-order valence-corrected chi connectivity index (χ3v) is 3.64. The Balaban J connectivity index is 2.00. The second kappa shape index (κ2) is 11.2. The lowest BCUT2D eigenvalue weighted by Crippen LogP contribution is -2.36. The molecule has 1 heterocycles. The van der Waals surface area contributed by atoms with Crippen molar-refractivity contribution in [3.63, 3.8) is 0 Å². The Morgan fingerprint density at radius 2 is 2.04 bits per heavy atom.